The topological polar surface area (TPSA) is 80.9 Å². The predicted molar refractivity (Wildman–Crippen MR) is 115 cm³/mol. The Labute approximate surface area is 176 Å². The van der Waals surface area contributed by atoms with Gasteiger partial charge in [-0.2, -0.15) is 0 Å². The minimum absolute atomic E-state index is 0.160. The molecule has 152 valence electrons. The number of methoxy groups -OCH3 is 1. The van der Waals surface area contributed by atoms with Crippen molar-refractivity contribution in [1.82, 2.24) is 4.57 Å². The SMILES string of the molecule is CCC1=C(C(=O)OC)[C@@H](c2ccccc2)n2c(s/c(=C\c3ccc(O)cc3)c2=O)=N1. The molecule has 1 atom stereocenters. The molecule has 30 heavy (non-hydrogen) atoms. The van der Waals surface area contributed by atoms with Gasteiger partial charge in [0.15, 0.2) is 4.80 Å². The van der Waals surface area contributed by atoms with Crippen molar-refractivity contribution in [3.63, 3.8) is 0 Å². The van der Waals surface area contributed by atoms with Crippen LogP contribution in [0.4, 0.5) is 0 Å². The van der Waals surface area contributed by atoms with Crippen molar-refractivity contribution < 1.29 is 14.6 Å². The van der Waals surface area contributed by atoms with Crippen LogP contribution < -0.4 is 14.9 Å². The number of phenolic OH excluding ortho intramolecular Hbond substituents is 1. The number of thiazole rings is 1. The van der Waals surface area contributed by atoms with E-state index in [0.29, 0.717) is 27.0 Å². The summed E-state index contributed by atoms with van der Waals surface area (Å²) in [7, 11) is 1.33. The van der Waals surface area contributed by atoms with Crippen molar-refractivity contribution >= 4 is 23.4 Å². The lowest BCUT2D eigenvalue weighted by Crippen LogP contribution is -2.40. The fourth-order valence-corrected chi connectivity index (χ4v) is 4.56. The first-order chi connectivity index (χ1) is 14.5. The third-order valence-electron chi connectivity index (χ3n) is 4.96. The minimum Gasteiger partial charge on any atom is -0.508 e. The van der Waals surface area contributed by atoms with Crippen molar-refractivity contribution in [2.24, 2.45) is 4.99 Å². The summed E-state index contributed by atoms with van der Waals surface area (Å²) in [6.45, 7) is 1.93. The number of fused-ring (bicyclic) bond motifs is 1. The van der Waals surface area contributed by atoms with Crippen LogP contribution in [0.2, 0.25) is 0 Å². The standard InChI is InChI=1S/C23H20N2O4S/c1-3-17-19(22(28)29-2)20(15-7-5-4-6-8-15)25-21(27)18(30-23(25)24-17)13-14-9-11-16(26)12-10-14/h4-13,20,26H,3H2,1-2H3/b18-13-/t20-/m1/s1. The third kappa shape index (κ3) is 3.48. The first kappa shape index (κ1) is 19.8. The van der Waals surface area contributed by atoms with E-state index in [0.717, 1.165) is 11.1 Å². The number of allylic oxidation sites excluding steroid dienone is 1. The zero-order valence-electron chi connectivity index (χ0n) is 16.5. The van der Waals surface area contributed by atoms with Gasteiger partial charge in [-0.1, -0.05) is 60.7 Å². The Morgan fingerprint density at radius 1 is 1.20 bits per heavy atom. The lowest BCUT2D eigenvalue weighted by Gasteiger charge is -2.25. The van der Waals surface area contributed by atoms with Gasteiger partial charge in [0, 0.05) is 0 Å². The van der Waals surface area contributed by atoms with Gasteiger partial charge in [-0.25, -0.2) is 9.79 Å². The average molecular weight is 420 g/mol. The Kier molecular flexibility index (Phi) is 5.37. The van der Waals surface area contributed by atoms with E-state index in [-0.39, 0.29) is 11.3 Å². The van der Waals surface area contributed by atoms with E-state index in [2.05, 4.69) is 4.99 Å². The van der Waals surface area contributed by atoms with Gasteiger partial charge in [-0.05, 0) is 35.8 Å². The van der Waals surface area contributed by atoms with Crippen molar-refractivity contribution in [2.45, 2.75) is 19.4 Å². The molecule has 0 saturated heterocycles. The van der Waals surface area contributed by atoms with Crippen LogP contribution in [0.5, 0.6) is 5.75 Å². The van der Waals surface area contributed by atoms with E-state index >= 15 is 0 Å². The molecule has 2 heterocycles. The van der Waals surface area contributed by atoms with Crippen LogP contribution in [-0.2, 0) is 9.53 Å². The molecule has 4 rings (SSSR count). The number of rotatable bonds is 4. The van der Waals surface area contributed by atoms with E-state index in [4.69, 9.17) is 4.74 Å². The van der Waals surface area contributed by atoms with Gasteiger partial charge < -0.3 is 9.84 Å². The zero-order chi connectivity index (χ0) is 21.3. The Hall–Kier alpha value is -3.45. The number of ether oxygens (including phenoxy) is 1. The third-order valence-corrected chi connectivity index (χ3v) is 5.94. The number of aromatic hydroxyl groups is 1. The Balaban J connectivity index is 1.99. The van der Waals surface area contributed by atoms with E-state index in [9.17, 15) is 14.7 Å². The summed E-state index contributed by atoms with van der Waals surface area (Å²) in [5.41, 5.74) is 2.38. The van der Waals surface area contributed by atoms with Gasteiger partial charge in [-0.15, -0.1) is 0 Å². The van der Waals surface area contributed by atoms with Crippen LogP contribution in [0.3, 0.4) is 0 Å². The number of hydrogen-bond donors (Lipinski definition) is 1. The average Bonchev–Trinajstić information content (AvgIpc) is 3.08. The quantitative estimate of drug-likeness (QED) is 0.658. The Bertz CT molecular complexity index is 1300. The van der Waals surface area contributed by atoms with Gasteiger partial charge in [0.05, 0.1) is 29.0 Å². The highest BCUT2D eigenvalue weighted by Crippen LogP contribution is 2.31. The second-order valence-corrected chi connectivity index (χ2v) is 7.80. The highest BCUT2D eigenvalue weighted by atomic mass is 32.1. The number of phenols is 1. The lowest BCUT2D eigenvalue weighted by atomic mass is 9.95. The van der Waals surface area contributed by atoms with Crippen LogP contribution in [0.15, 0.2) is 75.7 Å². The van der Waals surface area contributed by atoms with Gasteiger partial charge in [0.1, 0.15) is 5.75 Å². The van der Waals surface area contributed by atoms with Crippen molar-refractivity contribution in [1.29, 1.82) is 0 Å². The number of nitrogens with zero attached hydrogens (tertiary/aromatic N) is 2. The molecule has 0 aliphatic carbocycles. The normalized spacial score (nSPS) is 16.2. The van der Waals surface area contributed by atoms with Crippen LogP contribution in [0.25, 0.3) is 6.08 Å². The molecule has 1 aliphatic heterocycles. The highest BCUT2D eigenvalue weighted by Gasteiger charge is 2.33. The summed E-state index contributed by atoms with van der Waals surface area (Å²) in [4.78, 5) is 31.2. The van der Waals surface area contributed by atoms with E-state index in [1.54, 1.807) is 34.9 Å². The second-order valence-electron chi connectivity index (χ2n) is 6.79. The van der Waals surface area contributed by atoms with Crippen molar-refractivity contribution in [2.75, 3.05) is 7.11 Å². The molecule has 3 aromatic rings. The summed E-state index contributed by atoms with van der Waals surface area (Å²) < 4.78 is 7.11. The highest BCUT2D eigenvalue weighted by molar-refractivity contribution is 7.07. The van der Waals surface area contributed by atoms with Crippen LogP contribution >= 0.6 is 11.3 Å². The summed E-state index contributed by atoms with van der Waals surface area (Å²) >= 11 is 1.28. The zero-order valence-corrected chi connectivity index (χ0v) is 17.3. The van der Waals surface area contributed by atoms with E-state index < -0.39 is 12.0 Å². The molecular weight excluding hydrogens is 400 g/mol. The number of carbonyl (C=O) groups is 1. The largest absolute Gasteiger partial charge is 0.508 e. The molecule has 0 amide bonds. The van der Waals surface area contributed by atoms with Crippen LogP contribution in [-0.4, -0.2) is 22.8 Å². The molecule has 0 unspecified atom stereocenters. The van der Waals surface area contributed by atoms with Crippen molar-refractivity contribution in [3.8, 4) is 5.75 Å². The molecule has 1 N–H and O–H groups in total. The van der Waals surface area contributed by atoms with E-state index in [1.165, 1.54) is 18.4 Å². The monoisotopic (exact) mass is 420 g/mol. The van der Waals surface area contributed by atoms with E-state index in [1.807, 2.05) is 37.3 Å². The molecular formula is C23H20N2O4S. The maximum Gasteiger partial charge on any atom is 0.338 e. The molecule has 0 fully saturated rings. The fourth-order valence-electron chi connectivity index (χ4n) is 3.54. The van der Waals surface area contributed by atoms with Gasteiger partial charge in [0.25, 0.3) is 5.56 Å². The molecule has 6 nitrogen and oxygen atoms in total. The number of hydrogen-bond acceptors (Lipinski definition) is 6. The first-order valence-electron chi connectivity index (χ1n) is 9.50. The maximum absolute atomic E-state index is 13.4. The lowest BCUT2D eigenvalue weighted by molar-refractivity contribution is -0.136. The summed E-state index contributed by atoms with van der Waals surface area (Å²) in [5, 5.41) is 9.49. The number of carbonyl (C=O) groups excluding carboxylic acids is 1. The summed E-state index contributed by atoms with van der Waals surface area (Å²) in [6, 6.07) is 15.4. The molecule has 1 aromatic heterocycles. The predicted octanol–water partition coefficient (Wildman–Crippen LogP) is 2.50. The summed E-state index contributed by atoms with van der Waals surface area (Å²) in [5.74, 6) is -0.328. The fraction of sp³-hybridized carbons (Fsp3) is 0.174. The molecule has 0 bridgehead atoms. The molecule has 7 heteroatoms. The van der Waals surface area contributed by atoms with Crippen molar-refractivity contribution in [3.05, 3.63) is 96.7 Å². The van der Waals surface area contributed by atoms with Crippen LogP contribution in [0, 0.1) is 0 Å². The smallest absolute Gasteiger partial charge is 0.338 e. The minimum atomic E-state index is -0.605. The van der Waals surface area contributed by atoms with Crippen LogP contribution in [0.1, 0.15) is 30.5 Å². The molecule has 0 radical (unpaired) electrons. The Morgan fingerprint density at radius 2 is 1.90 bits per heavy atom. The Morgan fingerprint density at radius 3 is 2.53 bits per heavy atom. The number of benzene rings is 2. The molecule has 0 saturated carbocycles. The molecule has 0 spiro atoms. The van der Waals surface area contributed by atoms with Gasteiger partial charge >= 0.3 is 5.97 Å². The number of aromatic nitrogens is 1. The second kappa shape index (κ2) is 8.12. The first-order valence-corrected chi connectivity index (χ1v) is 10.3. The van der Waals surface area contributed by atoms with Gasteiger partial charge in [0.2, 0.25) is 0 Å². The maximum atomic E-state index is 13.4. The number of esters is 1. The summed E-state index contributed by atoms with van der Waals surface area (Å²) in [6.07, 6.45) is 2.30. The molecule has 1 aliphatic rings. The molecule has 2 aromatic carbocycles. The van der Waals surface area contributed by atoms with Gasteiger partial charge in [-0.3, -0.25) is 9.36 Å².